The number of hydrogen-bond acceptors (Lipinski definition) is 3. The van der Waals surface area contributed by atoms with Crippen LogP contribution < -0.4 is 20.1 Å². The third kappa shape index (κ3) is 3.82. The SMILES string of the molecule is CC(NC(=O)NC(C)c1ccc2c(c1)OCO2)c1cccc(Br)c1. The molecule has 3 rings (SSSR count). The van der Waals surface area contributed by atoms with E-state index in [1.165, 1.54) is 0 Å². The molecule has 0 aliphatic carbocycles. The molecule has 1 heterocycles. The summed E-state index contributed by atoms with van der Waals surface area (Å²) >= 11 is 3.44. The van der Waals surface area contributed by atoms with E-state index in [2.05, 4.69) is 26.6 Å². The van der Waals surface area contributed by atoms with E-state index in [1.54, 1.807) is 0 Å². The average molecular weight is 391 g/mol. The molecule has 2 atom stereocenters. The maximum absolute atomic E-state index is 12.2. The summed E-state index contributed by atoms with van der Waals surface area (Å²) < 4.78 is 11.7. The Kier molecular flexibility index (Phi) is 4.94. The Hall–Kier alpha value is -2.21. The number of fused-ring (bicyclic) bond motifs is 1. The predicted octanol–water partition coefficient (Wildman–Crippen LogP) is 4.30. The van der Waals surface area contributed by atoms with E-state index in [-0.39, 0.29) is 24.9 Å². The van der Waals surface area contributed by atoms with Crippen LogP contribution in [0, 0.1) is 0 Å². The quantitative estimate of drug-likeness (QED) is 0.817. The topological polar surface area (TPSA) is 59.6 Å². The van der Waals surface area contributed by atoms with Gasteiger partial charge in [-0.15, -0.1) is 0 Å². The monoisotopic (exact) mass is 390 g/mol. The molecule has 24 heavy (non-hydrogen) atoms. The summed E-state index contributed by atoms with van der Waals surface area (Å²) in [4.78, 5) is 12.2. The first-order chi connectivity index (χ1) is 11.5. The molecule has 2 aromatic rings. The fourth-order valence-electron chi connectivity index (χ4n) is 2.56. The summed E-state index contributed by atoms with van der Waals surface area (Å²) in [7, 11) is 0. The predicted molar refractivity (Wildman–Crippen MR) is 95.2 cm³/mol. The Bertz CT molecular complexity index is 751. The molecule has 0 spiro atoms. The first-order valence-electron chi connectivity index (χ1n) is 7.75. The van der Waals surface area contributed by atoms with E-state index >= 15 is 0 Å². The van der Waals surface area contributed by atoms with Gasteiger partial charge >= 0.3 is 6.03 Å². The molecule has 5 nitrogen and oxygen atoms in total. The summed E-state index contributed by atoms with van der Waals surface area (Å²) in [5.41, 5.74) is 2.00. The molecular weight excluding hydrogens is 372 g/mol. The summed E-state index contributed by atoms with van der Waals surface area (Å²) in [5.74, 6) is 1.45. The third-order valence-corrected chi connectivity index (χ3v) is 4.43. The lowest BCUT2D eigenvalue weighted by Gasteiger charge is -2.19. The van der Waals surface area contributed by atoms with Gasteiger partial charge in [0.1, 0.15) is 0 Å². The van der Waals surface area contributed by atoms with Crippen molar-refractivity contribution in [2.45, 2.75) is 25.9 Å². The van der Waals surface area contributed by atoms with Crippen molar-refractivity contribution in [1.29, 1.82) is 0 Å². The Labute approximate surface area is 149 Å². The highest BCUT2D eigenvalue weighted by atomic mass is 79.9. The average Bonchev–Trinajstić information content (AvgIpc) is 3.02. The maximum Gasteiger partial charge on any atom is 0.315 e. The fraction of sp³-hybridized carbons (Fsp3) is 0.278. The molecule has 0 aromatic heterocycles. The van der Waals surface area contributed by atoms with Crippen LogP contribution >= 0.6 is 15.9 Å². The van der Waals surface area contributed by atoms with E-state index in [0.29, 0.717) is 5.75 Å². The van der Waals surface area contributed by atoms with Crippen LogP contribution in [0.3, 0.4) is 0 Å². The number of benzene rings is 2. The second-order valence-electron chi connectivity index (χ2n) is 5.73. The second-order valence-corrected chi connectivity index (χ2v) is 6.64. The van der Waals surface area contributed by atoms with Crippen LogP contribution in [0.1, 0.15) is 37.1 Å². The summed E-state index contributed by atoms with van der Waals surface area (Å²) in [6.07, 6.45) is 0. The van der Waals surface area contributed by atoms with Gasteiger partial charge in [0.25, 0.3) is 0 Å². The Morgan fingerprint density at radius 2 is 1.67 bits per heavy atom. The van der Waals surface area contributed by atoms with E-state index in [4.69, 9.17) is 9.47 Å². The van der Waals surface area contributed by atoms with Crippen molar-refractivity contribution in [1.82, 2.24) is 10.6 Å². The Morgan fingerprint density at radius 1 is 1.00 bits per heavy atom. The molecule has 0 radical (unpaired) electrons. The van der Waals surface area contributed by atoms with Gasteiger partial charge in [-0.1, -0.05) is 34.1 Å². The summed E-state index contributed by atoms with van der Waals surface area (Å²) in [6, 6.07) is 13.1. The van der Waals surface area contributed by atoms with E-state index in [9.17, 15) is 4.79 Å². The number of hydrogen-bond donors (Lipinski definition) is 2. The first-order valence-corrected chi connectivity index (χ1v) is 8.54. The standard InChI is InChI=1S/C18H19BrN2O3/c1-11(13-4-3-5-15(19)8-13)20-18(22)21-12(2)14-6-7-16-17(9-14)24-10-23-16/h3-9,11-12H,10H2,1-2H3,(H2,20,21,22). The van der Waals surface area contributed by atoms with Gasteiger partial charge in [0.15, 0.2) is 11.5 Å². The molecule has 0 fully saturated rings. The Balaban J connectivity index is 1.60. The number of ether oxygens (including phenoxy) is 2. The van der Waals surface area contributed by atoms with Crippen molar-refractivity contribution in [2.75, 3.05) is 6.79 Å². The van der Waals surface area contributed by atoms with Crippen LogP contribution in [0.5, 0.6) is 11.5 Å². The highest BCUT2D eigenvalue weighted by Gasteiger charge is 2.17. The van der Waals surface area contributed by atoms with Crippen molar-refractivity contribution >= 4 is 22.0 Å². The minimum Gasteiger partial charge on any atom is -0.454 e. The third-order valence-electron chi connectivity index (χ3n) is 3.94. The van der Waals surface area contributed by atoms with Crippen LogP contribution in [0.2, 0.25) is 0 Å². The van der Waals surface area contributed by atoms with Gasteiger partial charge < -0.3 is 20.1 Å². The van der Waals surface area contributed by atoms with Crippen molar-refractivity contribution in [2.24, 2.45) is 0 Å². The Morgan fingerprint density at radius 3 is 2.38 bits per heavy atom. The zero-order valence-electron chi connectivity index (χ0n) is 13.5. The molecule has 6 heteroatoms. The van der Waals surface area contributed by atoms with Gasteiger partial charge in [0.05, 0.1) is 12.1 Å². The highest BCUT2D eigenvalue weighted by molar-refractivity contribution is 9.10. The number of nitrogens with one attached hydrogen (secondary N) is 2. The minimum atomic E-state index is -0.215. The zero-order valence-corrected chi connectivity index (χ0v) is 15.1. The number of carbonyl (C=O) groups excluding carboxylic acids is 1. The number of rotatable bonds is 4. The molecule has 2 amide bonds. The van der Waals surface area contributed by atoms with Crippen molar-refractivity contribution in [3.63, 3.8) is 0 Å². The number of amides is 2. The summed E-state index contributed by atoms with van der Waals surface area (Å²) in [6.45, 7) is 4.12. The van der Waals surface area contributed by atoms with Crippen LogP contribution in [0.4, 0.5) is 4.79 Å². The van der Waals surface area contributed by atoms with Crippen molar-refractivity contribution < 1.29 is 14.3 Å². The van der Waals surface area contributed by atoms with Gasteiger partial charge in [-0.3, -0.25) is 0 Å². The lowest BCUT2D eigenvalue weighted by Crippen LogP contribution is -2.38. The lowest BCUT2D eigenvalue weighted by atomic mass is 10.1. The minimum absolute atomic E-state index is 0.0912. The molecule has 1 aliphatic heterocycles. The van der Waals surface area contributed by atoms with Crippen LogP contribution in [0.25, 0.3) is 0 Å². The molecule has 1 aliphatic rings. The van der Waals surface area contributed by atoms with Gasteiger partial charge in [-0.25, -0.2) is 4.79 Å². The van der Waals surface area contributed by atoms with Crippen LogP contribution in [-0.4, -0.2) is 12.8 Å². The molecule has 2 unspecified atom stereocenters. The molecule has 2 aromatic carbocycles. The smallest absolute Gasteiger partial charge is 0.315 e. The fourth-order valence-corrected chi connectivity index (χ4v) is 2.98. The molecule has 0 saturated heterocycles. The maximum atomic E-state index is 12.2. The number of halogens is 1. The van der Waals surface area contributed by atoms with E-state index in [0.717, 1.165) is 21.3 Å². The molecule has 126 valence electrons. The van der Waals surface area contributed by atoms with Crippen LogP contribution in [-0.2, 0) is 0 Å². The summed E-state index contributed by atoms with van der Waals surface area (Å²) in [5, 5.41) is 5.89. The van der Waals surface area contributed by atoms with Crippen LogP contribution in [0.15, 0.2) is 46.9 Å². The van der Waals surface area contributed by atoms with E-state index in [1.807, 2.05) is 56.3 Å². The normalized spacial score (nSPS) is 14.8. The highest BCUT2D eigenvalue weighted by Crippen LogP contribution is 2.34. The first kappa shape index (κ1) is 16.6. The molecule has 0 bridgehead atoms. The molecule has 2 N–H and O–H groups in total. The van der Waals surface area contributed by atoms with Gasteiger partial charge in [0.2, 0.25) is 6.79 Å². The van der Waals surface area contributed by atoms with E-state index < -0.39 is 0 Å². The zero-order chi connectivity index (χ0) is 17.1. The number of carbonyl (C=O) groups is 1. The van der Waals surface area contributed by atoms with Gasteiger partial charge in [-0.2, -0.15) is 0 Å². The lowest BCUT2D eigenvalue weighted by molar-refractivity contribution is 0.174. The molecular formula is C18H19BrN2O3. The van der Waals surface area contributed by atoms with Crippen molar-refractivity contribution in [3.8, 4) is 11.5 Å². The molecule has 0 saturated carbocycles. The van der Waals surface area contributed by atoms with Gasteiger partial charge in [0, 0.05) is 4.47 Å². The second kappa shape index (κ2) is 7.13. The largest absolute Gasteiger partial charge is 0.454 e. The number of urea groups is 1. The van der Waals surface area contributed by atoms with Gasteiger partial charge in [-0.05, 0) is 49.2 Å². The van der Waals surface area contributed by atoms with Crippen molar-refractivity contribution in [3.05, 3.63) is 58.1 Å².